The van der Waals surface area contributed by atoms with Crippen LogP contribution in [0.15, 0.2) is 47.5 Å². The van der Waals surface area contributed by atoms with Crippen LogP contribution in [0, 0.1) is 11.3 Å². The number of rotatable bonds is 5. The number of hydrogen-bond donors (Lipinski definition) is 1. The first kappa shape index (κ1) is 14.3. The van der Waals surface area contributed by atoms with Gasteiger partial charge in [-0.1, -0.05) is 12.1 Å². The van der Waals surface area contributed by atoms with E-state index in [1.54, 1.807) is 12.1 Å². The van der Waals surface area contributed by atoms with Crippen LogP contribution in [-0.4, -0.2) is 13.0 Å². The van der Waals surface area contributed by atoms with E-state index in [9.17, 15) is 8.42 Å². The minimum Gasteiger partial charge on any atom is -0.353 e. The molecule has 2 rings (SSSR count). The number of sulfonamides is 1. The Kier molecular flexibility index (Phi) is 4.23. The van der Waals surface area contributed by atoms with Crippen molar-refractivity contribution in [3.05, 3.63) is 53.9 Å². The highest BCUT2D eigenvalue weighted by Crippen LogP contribution is 2.11. The molecule has 0 aliphatic heterocycles. The Morgan fingerprint density at radius 1 is 1.25 bits per heavy atom. The highest BCUT2D eigenvalue weighted by atomic mass is 32.2. The van der Waals surface area contributed by atoms with E-state index in [-0.39, 0.29) is 17.9 Å². The van der Waals surface area contributed by atoms with Gasteiger partial charge in [-0.15, -0.1) is 0 Å². The first-order valence-corrected chi connectivity index (χ1v) is 7.57. The maximum Gasteiger partial charge on any atom is 0.240 e. The molecule has 0 aliphatic rings. The van der Waals surface area contributed by atoms with Gasteiger partial charge in [0.25, 0.3) is 0 Å². The second-order valence-electron chi connectivity index (χ2n) is 4.41. The molecule has 0 unspecified atom stereocenters. The van der Waals surface area contributed by atoms with Crippen molar-refractivity contribution in [2.75, 3.05) is 0 Å². The van der Waals surface area contributed by atoms with Crippen molar-refractivity contribution in [3.63, 3.8) is 0 Å². The summed E-state index contributed by atoms with van der Waals surface area (Å²) in [6.07, 6.45) is 2.14. The Labute approximate surface area is 118 Å². The Morgan fingerprint density at radius 2 is 1.95 bits per heavy atom. The van der Waals surface area contributed by atoms with Crippen molar-refractivity contribution in [1.29, 1.82) is 5.26 Å². The molecule has 2 aromatic rings. The molecule has 5 nitrogen and oxygen atoms in total. The molecule has 104 valence electrons. The van der Waals surface area contributed by atoms with Crippen molar-refractivity contribution in [3.8, 4) is 6.07 Å². The van der Waals surface area contributed by atoms with E-state index in [2.05, 4.69) is 4.72 Å². The van der Waals surface area contributed by atoms with Crippen LogP contribution in [0.3, 0.4) is 0 Å². The van der Waals surface area contributed by atoms with Gasteiger partial charge in [0.15, 0.2) is 0 Å². The molecule has 6 heteroatoms. The van der Waals surface area contributed by atoms with E-state index in [1.807, 2.05) is 36.0 Å². The van der Waals surface area contributed by atoms with Crippen LogP contribution in [0.5, 0.6) is 0 Å². The molecule has 0 aliphatic carbocycles. The third-order valence-corrected chi connectivity index (χ3v) is 4.43. The zero-order valence-electron chi connectivity index (χ0n) is 11.1. The summed E-state index contributed by atoms with van der Waals surface area (Å²) in [5, 5.41) is 8.58. The lowest BCUT2D eigenvalue weighted by molar-refractivity contribution is 0.579. The average Bonchev–Trinajstić information content (AvgIpc) is 2.83. The minimum absolute atomic E-state index is 0.202. The molecule has 1 aromatic heterocycles. The van der Waals surface area contributed by atoms with E-state index < -0.39 is 10.0 Å². The molecule has 1 heterocycles. The lowest BCUT2D eigenvalue weighted by Crippen LogP contribution is -2.24. The number of aromatic nitrogens is 1. The van der Waals surface area contributed by atoms with Gasteiger partial charge in [-0.05, 0) is 29.8 Å². The normalized spacial score (nSPS) is 11.2. The summed E-state index contributed by atoms with van der Waals surface area (Å²) in [5.41, 5.74) is 1.68. The molecular weight excluding hydrogens is 274 g/mol. The van der Waals surface area contributed by atoms with Crippen molar-refractivity contribution < 1.29 is 8.42 Å². The predicted octanol–water partition coefficient (Wildman–Crippen LogP) is 1.57. The van der Waals surface area contributed by atoms with Crippen LogP contribution in [0.4, 0.5) is 0 Å². The minimum atomic E-state index is -3.53. The van der Waals surface area contributed by atoms with Crippen LogP contribution in [0.1, 0.15) is 11.3 Å². The predicted molar refractivity (Wildman–Crippen MR) is 75.2 cm³/mol. The third-order valence-electron chi connectivity index (χ3n) is 3.01. The molecule has 0 radical (unpaired) electrons. The molecule has 0 amide bonds. The Balaban J connectivity index is 2.10. The van der Waals surface area contributed by atoms with Gasteiger partial charge in [-0.2, -0.15) is 5.26 Å². The standard InChI is InChI=1S/C14H15N3O2S/c1-17-10-2-3-13(17)11-16-20(18,19)14-6-4-12(5-7-14)8-9-15/h2-7,10,16H,8,11H2,1H3. The quantitative estimate of drug-likeness (QED) is 0.908. The first-order chi connectivity index (χ1) is 9.53. The molecule has 0 bridgehead atoms. The van der Waals surface area contributed by atoms with Crippen LogP contribution >= 0.6 is 0 Å². The van der Waals surface area contributed by atoms with Crippen LogP contribution in [0.2, 0.25) is 0 Å². The maximum absolute atomic E-state index is 12.1. The molecule has 20 heavy (non-hydrogen) atoms. The molecule has 0 atom stereocenters. The van der Waals surface area contributed by atoms with Gasteiger partial charge in [-0.25, -0.2) is 13.1 Å². The van der Waals surface area contributed by atoms with E-state index in [1.165, 1.54) is 12.1 Å². The van der Waals surface area contributed by atoms with Gasteiger partial charge in [0.2, 0.25) is 10.0 Å². The second-order valence-corrected chi connectivity index (χ2v) is 6.18. The van der Waals surface area contributed by atoms with Gasteiger partial charge in [0, 0.05) is 18.9 Å². The average molecular weight is 289 g/mol. The lowest BCUT2D eigenvalue weighted by atomic mass is 10.2. The molecule has 0 spiro atoms. The fourth-order valence-electron chi connectivity index (χ4n) is 1.81. The van der Waals surface area contributed by atoms with Gasteiger partial charge < -0.3 is 4.57 Å². The smallest absolute Gasteiger partial charge is 0.240 e. The summed E-state index contributed by atoms with van der Waals surface area (Å²) in [5.74, 6) is 0. The van der Waals surface area contributed by atoms with E-state index in [4.69, 9.17) is 5.26 Å². The number of nitrogens with one attached hydrogen (secondary N) is 1. The second kappa shape index (κ2) is 5.90. The topological polar surface area (TPSA) is 74.9 Å². The van der Waals surface area contributed by atoms with Crippen LogP contribution < -0.4 is 4.72 Å². The van der Waals surface area contributed by atoms with Crippen molar-refractivity contribution in [2.45, 2.75) is 17.9 Å². The number of hydrogen-bond acceptors (Lipinski definition) is 3. The highest BCUT2D eigenvalue weighted by Gasteiger charge is 2.13. The van der Waals surface area contributed by atoms with Crippen molar-refractivity contribution in [2.24, 2.45) is 7.05 Å². The molecule has 0 saturated heterocycles. The van der Waals surface area contributed by atoms with Gasteiger partial charge in [0.05, 0.1) is 23.9 Å². The van der Waals surface area contributed by atoms with Crippen LogP contribution in [-0.2, 0) is 30.0 Å². The largest absolute Gasteiger partial charge is 0.353 e. The SMILES string of the molecule is Cn1cccc1CNS(=O)(=O)c1ccc(CC#N)cc1. The zero-order valence-corrected chi connectivity index (χ0v) is 11.9. The molecule has 1 N–H and O–H groups in total. The Morgan fingerprint density at radius 3 is 2.50 bits per heavy atom. The Hall–Kier alpha value is -2.10. The van der Waals surface area contributed by atoms with Gasteiger partial charge >= 0.3 is 0 Å². The lowest BCUT2D eigenvalue weighted by Gasteiger charge is -2.08. The van der Waals surface area contributed by atoms with E-state index >= 15 is 0 Å². The number of nitriles is 1. The summed E-state index contributed by atoms with van der Waals surface area (Å²) in [4.78, 5) is 0.202. The molecule has 0 fully saturated rings. The number of nitrogens with zero attached hydrogens (tertiary/aromatic N) is 2. The summed E-state index contributed by atoms with van der Waals surface area (Å²) in [6, 6.07) is 12.1. The van der Waals surface area contributed by atoms with Gasteiger partial charge in [-0.3, -0.25) is 0 Å². The highest BCUT2D eigenvalue weighted by molar-refractivity contribution is 7.89. The maximum atomic E-state index is 12.1. The molecule has 0 saturated carbocycles. The van der Waals surface area contributed by atoms with E-state index in [0.717, 1.165) is 11.3 Å². The zero-order chi connectivity index (χ0) is 14.6. The van der Waals surface area contributed by atoms with Crippen LogP contribution in [0.25, 0.3) is 0 Å². The Bertz CT molecular complexity index is 725. The molecule has 1 aromatic carbocycles. The van der Waals surface area contributed by atoms with Gasteiger partial charge in [0.1, 0.15) is 0 Å². The van der Waals surface area contributed by atoms with Crippen molar-refractivity contribution in [1.82, 2.24) is 9.29 Å². The third kappa shape index (κ3) is 3.26. The van der Waals surface area contributed by atoms with Crippen molar-refractivity contribution >= 4 is 10.0 Å². The summed E-state index contributed by atoms with van der Waals surface area (Å²) in [6.45, 7) is 0.242. The number of aryl methyl sites for hydroxylation is 1. The molecular formula is C14H15N3O2S. The fourth-order valence-corrected chi connectivity index (χ4v) is 2.81. The fraction of sp³-hybridized carbons (Fsp3) is 0.214. The first-order valence-electron chi connectivity index (χ1n) is 6.09. The summed E-state index contributed by atoms with van der Waals surface area (Å²) < 4.78 is 28.7. The van der Waals surface area contributed by atoms with E-state index in [0.29, 0.717) is 0 Å². The summed E-state index contributed by atoms with van der Waals surface area (Å²) >= 11 is 0. The summed E-state index contributed by atoms with van der Waals surface area (Å²) in [7, 11) is -1.67. The number of benzene rings is 1. The monoisotopic (exact) mass is 289 g/mol.